The van der Waals surface area contributed by atoms with Crippen LogP contribution >= 0.6 is 0 Å². The lowest BCUT2D eigenvalue weighted by atomic mass is 9.33. The highest BCUT2D eigenvalue weighted by atomic mass is 15.2. The Morgan fingerprint density at radius 3 is 1.83 bits per heavy atom. The summed E-state index contributed by atoms with van der Waals surface area (Å²) in [7, 11) is 0. The van der Waals surface area contributed by atoms with Crippen LogP contribution in [0.15, 0.2) is 182 Å². The fraction of sp³-hybridized carbons (Fsp3) is 0.0417. The van der Waals surface area contributed by atoms with E-state index in [1.165, 1.54) is 38.3 Å². The fourth-order valence-electron chi connectivity index (χ4n) is 8.28. The molecule has 3 nitrogen and oxygen atoms in total. The summed E-state index contributed by atoms with van der Waals surface area (Å²) in [4.78, 5) is 7.10. The molecule has 0 amide bonds. The number of benzene rings is 8. The standard InChI is InChI=1S/C48H36BN3/c1-33-20-24-39(25-21-33)51-44-29-22-34(2)30-43(44)49-42-28-27-41(32-47(42)52(38-16-7-4-8-17-38)46-19-11-18-45(51)48(46)49)50(37-14-5-3-6-15-37)40-26-23-35-12-9-10-13-36(35)31-40/h3-32H,1-2H3/i11D. The van der Waals surface area contributed by atoms with Gasteiger partial charge in [0.25, 0.3) is 6.71 Å². The summed E-state index contributed by atoms with van der Waals surface area (Å²) in [6.07, 6.45) is 0. The van der Waals surface area contributed by atoms with E-state index < -0.39 is 0 Å². The zero-order chi connectivity index (χ0) is 35.6. The number of hydrogen-bond acceptors (Lipinski definition) is 3. The van der Waals surface area contributed by atoms with Crippen LogP contribution in [-0.4, -0.2) is 6.71 Å². The Bertz CT molecular complexity index is 2680. The molecule has 0 saturated heterocycles. The zero-order valence-electron chi connectivity index (χ0n) is 30.2. The Labute approximate surface area is 307 Å². The van der Waals surface area contributed by atoms with Crippen LogP contribution in [0.3, 0.4) is 0 Å². The summed E-state index contributed by atoms with van der Waals surface area (Å²) in [6.45, 7) is 4.29. The molecule has 0 unspecified atom stereocenters. The van der Waals surface area contributed by atoms with Gasteiger partial charge in [0.05, 0.1) is 1.37 Å². The second kappa shape index (κ2) is 12.1. The van der Waals surface area contributed by atoms with Gasteiger partial charge in [-0.3, -0.25) is 0 Å². The summed E-state index contributed by atoms with van der Waals surface area (Å²) >= 11 is 0. The summed E-state index contributed by atoms with van der Waals surface area (Å²) in [5.41, 5.74) is 15.9. The molecular formula is C48H36BN3. The van der Waals surface area contributed by atoms with E-state index >= 15 is 0 Å². The lowest BCUT2D eigenvalue weighted by Crippen LogP contribution is -2.61. The topological polar surface area (TPSA) is 9.72 Å². The molecule has 0 radical (unpaired) electrons. The van der Waals surface area contributed by atoms with E-state index in [0.717, 1.165) is 51.2 Å². The van der Waals surface area contributed by atoms with Crippen LogP contribution in [0.5, 0.6) is 0 Å². The minimum absolute atomic E-state index is 0.0212. The molecule has 0 aromatic heterocycles. The van der Waals surface area contributed by atoms with E-state index in [1.807, 2.05) is 6.07 Å². The number of fused-ring (bicyclic) bond motifs is 5. The van der Waals surface area contributed by atoms with Gasteiger partial charge < -0.3 is 14.7 Å². The van der Waals surface area contributed by atoms with Crippen molar-refractivity contribution in [2.75, 3.05) is 14.7 Å². The Morgan fingerprint density at radius 1 is 0.442 bits per heavy atom. The van der Waals surface area contributed by atoms with Crippen molar-refractivity contribution in [1.82, 2.24) is 0 Å². The van der Waals surface area contributed by atoms with E-state index in [0.29, 0.717) is 6.04 Å². The van der Waals surface area contributed by atoms with Crippen molar-refractivity contribution in [3.8, 4) is 0 Å². The molecule has 10 rings (SSSR count). The van der Waals surface area contributed by atoms with Gasteiger partial charge in [0.2, 0.25) is 0 Å². The quantitative estimate of drug-likeness (QED) is 0.169. The molecule has 0 atom stereocenters. The van der Waals surface area contributed by atoms with Crippen molar-refractivity contribution in [1.29, 1.82) is 0 Å². The van der Waals surface area contributed by atoms with Crippen molar-refractivity contribution < 1.29 is 1.37 Å². The maximum absolute atomic E-state index is 9.25. The molecule has 0 spiro atoms. The Balaban J connectivity index is 1.25. The monoisotopic (exact) mass is 666 g/mol. The van der Waals surface area contributed by atoms with Gasteiger partial charge in [-0.15, -0.1) is 0 Å². The summed E-state index contributed by atoms with van der Waals surface area (Å²) in [5, 5.41) is 2.42. The lowest BCUT2D eigenvalue weighted by Gasteiger charge is -2.44. The molecular weight excluding hydrogens is 629 g/mol. The average molecular weight is 667 g/mol. The van der Waals surface area contributed by atoms with Gasteiger partial charge in [-0.2, -0.15) is 0 Å². The van der Waals surface area contributed by atoms with Crippen LogP contribution < -0.4 is 31.1 Å². The van der Waals surface area contributed by atoms with Gasteiger partial charge >= 0.3 is 0 Å². The van der Waals surface area contributed by atoms with Gasteiger partial charge in [-0.25, -0.2) is 0 Å². The first-order valence-corrected chi connectivity index (χ1v) is 18.0. The average Bonchev–Trinajstić information content (AvgIpc) is 3.19. The van der Waals surface area contributed by atoms with E-state index in [2.05, 4.69) is 198 Å². The van der Waals surface area contributed by atoms with Crippen molar-refractivity contribution >= 4 is 85.1 Å². The first-order valence-electron chi connectivity index (χ1n) is 18.5. The van der Waals surface area contributed by atoms with Crippen molar-refractivity contribution in [2.24, 2.45) is 0 Å². The van der Waals surface area contributed by atoms with Crippen molar-refractivity contribution in [2.45, 2.75) is 13.8 Å². The highest BCUT2D eigenvalue weighted by molar-refractivity contribution is 7.00. The molecule has 52 heavy (non-hydrogen) atoms. The zero-order valence-corrected chi connectivity index (χ0v) is 29.2. The van der Waals surface area contributed by atoms with Gasteiger partial charge in [0.15, 0.2) is 0 Å². The molecule has 2 aliphatic heterocycles. The number of para-hydroxylation sites is 2. The summed E-state index contributed by atoms with van der Waals surface area (Å²) < 4.78 is 9.25. The van der Waals surface area contributed by atoms with Gasteiger partial charge in [-0.1, -0.05) is 114 Å². The summed E-state index contributed by atoms with van der Waals surface area (Å²) in [5.74, 6) is 0. The number of anilines is 9. The van der Waals surface area contributed by atoms with Crippen LogP contribution in [0.4, 0.5) is 51.2 Å². The molecule has 8 aromatic carbocycles. The van der Waals surface area contributed by atoms with E-state index in [1.54, 1.807) is 0 Å². The van der Waals surface area contributed by atoms with Crippen LogP contribution in [0.1, 0.15) is 12.5 Å². The molecule has 0 aliphatic carbocycles. The number of rotatable bonds is 5. The van der Waals surface area contributed by atoms with Gasteiger partial charge in [-0.05, 0) is 120 Å². The second-order valence-electron chi connectivity index (χ2n) is 13.9. The number of aryl methyl sites for hydroxylation is 2. The maximum Gasteiger partial charge on any atom is 0.252 e. The van der Waals surface area contributed by atoms with E-state index in [4.69, 9.17) is 0 Å². The largest absolute Gasteiger partial charge is 0.311 e. The molecule has 246 valence electrons. The Morgan fingerprint density at radius 2 is 1.06 bits per heavy atom. The predicted molar refractivity (Wildman–Crippen MR) is 222 cm³/mol. The minimum atomic E-state index is -0.0212. The SMILES string of the molecule is [2H]c1cc2c3c(c1)N(c1ccccc1)c1cc(N(c4ccccc4)c4ccc5ccccc5c4)ccc1B3c1cc(C)ccc1N2c1ccc(C)cc1. The number of hydrogen-bond donors (Lipinski definition) is 0. The van der Waals surface area contributed by atoms with Crippen LogP contribution in [-0.2, 0) is 0 Å². The number of nitrogens with zero attached hydrogens (tertiary/aromatic N) is 3. The van der Waals surface area contributed by atoms with Gasteiger partial charge in [0, 0.05) is 51.2 Å². The summed E-state index contributed by atoms with van der Waals surface area (Å²) in [6, 6.07) is 63.7. The first kappa shape index (κ1) is 29.2. The van der Waals surface area contributed by atoms with Crippen LogP contribution in [0.2, 0.25) is 0 Å². The molecule has 4 heteroatoms. The third-order valence-electron chi connectivity index (χ3n) is 10.6. The third-order valence-corrected chi connectivity index (χ3v) is 10.6. The fourth-order valence-corrected chi connectivity index (χ4v) is 8.28. The molecule has 2 aliphatic rings. The van der Waals surface area contributed by atoms with Crippen molar-refractivity contribution in [3.05, 3.63) is 193 Å². The second-order valence-corrected chi connectivity index (χ2v) is 13.9. The molecule has 0 saturated carbocycles. The normalized spacial score (nSPS) is 13.0. The minimum Gasteiger partial charge on any atom is -0.311 e. The van der Waals surface area contributed by atoms with Crippen molar-refractivity contribution in [3.63, 3.8) is 0 Å². The molecule has 0 bridgehead atoms. The lowest BCUT2D eigenvalue weighted by molar-refractivity contribution is 1.24. The van der Waals surface area contributed by atoms with E-state index in [-0.39, 0.29) is 6.71 Å². The predicted octanol–water partition coefficient (Wildman–Crippen LogP) is 11.0. The molecule has 0 fully saturated rings. The van der Waals surface area contributed by atoms with Crippen LogP contribution in [0, 0.1) is 13.8 Å². The highest BCUT2D eigenvalue weighted by Crippen LogP contribution is 2.46. The van der Waals surface area contributed by atoms with Crippen LogP contribution in [0.25, 0.3) is 10.8 Å². The van der Waals surface area contributed by atoms with Gasteiger partial charge in [0.1, 0.15) is 0 Å². The van der Waals surface area contributed by atoms with E-state index in [9.17, 15) is 1.37 Å². The molecule has 2 heterocycles. The maximum atomic E-state index is 9.25. The molecule has 8 aromatic rings. The molecule has 0 N–H and O–H groups in total. The first-order chi connectivity index (χ1) is 26.0. The Kier molecular flexibility index (Phi) is 6.79. The highest BCUT2D eigenvalue weighted by Gasteiger charge is 2.43. The smallest absolute Gasteiger partial charge is 0.252 e. The third kappa shape index (κ3) is 4.83. The Hall–Kier alpha value is -6.52.